The number of phenolic OH excluding ortho intramolecular Hbond substituents is 1. The van der Waals surface area contributed by atoms with E-state index in [9.17, 15) is 24.3 Å². The summed E-state index contributed by atoms with van der Waals surface area (Å²) in [6.07, 6.45) is 7.13. The van der Waals surface area contributed by atoms with Crippen LogP contribution in [0.2, 0.25) is 10.0 Å². The Morgan fingerprint density at radius 1 is 0.612 bits per heavy atom. The van der Waals surface area contributed by atoms with Gasteiger partial charge in [-0.15, -0.1) is 0 Å². The molecule has 0 fully saturated rings. The fourth-order valence-electron chi connectivity index (χ4n) is 5.88. The number of hydrogen-bond donors (Lipinski definition) is 6. The molecule has 352 valence electrons. The van der Waals surface area contributed by atoms with Crippen LogP contribution >= 0.6 is 23.2 Å². The number of phenols is 1. The average Bonchev–Trinajstić information content (AvgIpc) is 3.31. The zero-order valence-corrected chi connectivity index (χ0v) is 38.9. The number of nitrogens with zero attached hydrogens (tertiary/aromatic N) is 2. The first-order chi connectivity index (χ1) is 32.0. The second-order valence-electron chi connectivity index (χ2n) is 15.4. The Labute approximate surface area is 399 Å². The van der Waals surface area contributed by atoms with Gasteiger partial charge in [0.1, 0.15) is 41.7 Å². The molecule has 4 aromatic carbocycles. The summed E-state index contributed by atoms with van der Waals surface area (Å²) < 4.78 is 16.9. The van der Waals surface area contributed by atoms with Crippen LogP contribution in [0.4, 0.5) is 0 Å². The molecule has 15 nitrogen and oxygen atoms in total. The van der Waals surface area contributed by atoms with Gasteiger partial charge in [0, 0.05) is 54.3 Å². The third-order valence-corrected chi connectivity index (χ3v) is 9.77. The summed E-state index contributed by atoms with van der Waals surface area (Å²) in [5, 5.41) is 23.7. The molecule has 0 aliphatic rings. The third-order valence-electron chi connectivity index (χ3n) is 9.18. The third kappa shape index (κ3) is 18.3. The second-order valence-corrected chi connectivity index (χ2v) is 16.2. The maximum Gasteiger partial charge on any atom is 0.251 e. The predicted molar refractivity (Wildman–Crippen MR) is 256 cm³/mol. The van der Waals surface area contributed by atoms with E-state index in [-0.39, 0.29) is 37.4 Å². The molecule has 17 heteroatoms. The van der Waals surface area contributed by atoms with Crippen LogP contribution in [0.1, 0.15) is 70.7 Å². The van der Waals surface area contributed by atoms with Gasteiger partial charge in [-0.2, -0.15) is 0 Å². The Kier molecular flexibility index (Phi) is 20.9. The van der Waals surface area contributed by atoms with E-state index in [0.717, 1.165) is 22.3 Å². The number of carbonyl (C=O) groups is 4. The first kappa shape index (κ1) is 52.4. The van der Waals surface area contributed by atoms with E-state index < -0.39 is 35.7 Å². The van der Waals surface area contributed by atoms with E-state index in [1.165, 1.54) is 24.3 Å². The van der Waals surface area contributed by atoms with Gasteiger partial charge in [-0.3, -0.25) is 29.1 Å². The Hall–Kier alpha value is -7.20. The van der Waals surface area contributed by atoms with Crippen molar-refractivity contribution in [2.45, 2.75) is 78.0 Å². The van der Waals surface area contributed by atoms with Crippen molar-refractivity contribution in [3.05, 3.63) is 177 Å². The molecule has 0 aliphatic carbocycles. The van der Waals surface area contributed by atoms with E-state index in [0.29, 0.717) is 45.0 Å². The summed E-state index contributed by atoms with van der Waals surface area (Å²) in [5.74, 6) is -0.441. The first-order valence-corrected chi connectivity index (χ1v) is 21.8. The lowest BCUT2D eigenvalue weighted by Crippen LogP contribution is -2.45. The number of pyridine rings is 2. The number of amides is 4. The lowest BCUT2D eigenvalue weighted by molar-refractivity contribution is -0.120. The molecule has 0 bridgehead atoms. The maximum atomic E-state index is 12.7. The fraction of sp³-hybridized carbons (Fsp3) is 0.240. The zero-order valence-electron chi connectivity index (χ0n) is 37.4. The Morgan fingerprint density at radius 2 is 1.04 bits per heavy atom. The molecule has 0 saturated carbocycles. The van der Waals surface area contributed by atoms with E-state index in [1.54, 1.807) is 79.4 Å². The summed E-state index contributed by atoms with van der Waals surface area (Å²) in [6.45, 7) is 7.99. The van der Waals surface area contributed by atoms with Crippen LogP contribution in [0.25, 0.3) is 0 Å². The molecule has 67 heavy (non-hydrogen) atoms. The number of nitrogens with two attached hydrogens (primary N) is 2. The van der Waals surface area contributed by atoms with Gasteiger partial charge in [0.2, 0.25) is 11.8 Å². The quantitative estimate of drug-likeness (QED) is 0.0505. The maximum absolute atomic E-state index is 12.7. The molecule has 8 N–H and O–H groups in total. The second kappa shape index (κ2) is 26.7. The van der Waals surface area contributed by atoms with Crippen LogP contribution in [-0.4, -0.2) is 68.1 Å². The van der Waals surface area contributed by atoms with E-state index in [2.05, 4.69) is 20.6 Å². The number of benzene rings is 4. The van der Waals surface area contributed by atoms with Crippen molar-refractivity contribution >= 4 is 46.8 Å². The normalized spacial score (nSPS) is 11.4. The predicted octanol–water partition coefficient (Wildman–Crippen LogP) is 7.16. The van der Waals surface area contributed by atoms with Gasteiger partial charge >= 0.3 is 0 Å². The van der Waals surface area contributed by atoms with E-state index in [1.807, 2.05) is 58.0 Å². The average molecular weight is 954 g/mol. The van der Waals surface area contributed by atoms with Gasteiger partial charge < -0.3 is 46.5 Å². The largest absolute Gasteiger partial charge is 0.508 e. The van der Waals surface area contributed by atoms with Gasteiger partial charge in [-0.25, -0.2) is 0 Å². The Morgan fingerprint density at radius 3 is 1.40 bits per heavy atom. The molecule has 0 saturated heterocycles. The van der Waals surface area contributed by atoms with Crippen LogP contribution < -0.4 is 36.3 Å². The number of carbonyl (C=O) groups excluding carboxylic acids is 4. The molecule has 2 heterocycles. The van der Waals surface area contributed by atoms with Crippen LogP contribution in [-0.2, 0) is 35.6 Å². The highest BCUT2D eigenvalue weighted by Gasteiger charge is 2.22. The minimum Gasteiger partial charge on any atom is -0.508 e. The Bertz CT molecular complexity index is 2520. The molecular weight excluding hydrogens is 899 g/mol. The monoisotopic (exact) mass is 952 g/mol. The van der Waals surface area contributed by atoms with Crippen molar-refractivity contribution in [2.24, 2.45) is 11.5 Å². The highest BCUT2D eigenvalue weighted by atomic mass is 35.5. The highest BCUT2D eigenvalue weighted by molar-refractivity contribution is 6.32. The standard InChI is InChI=1S/C25H26ClN3O4.C19H21ClN2O4.C6H7NO/c1-16(2)33-23-10-7-19(13-21(23)26)25(31)29-22(24(27)30)12-17-5-8-20(9-6-17)32-15-18-4-3-11-28-14-18;1-11(2)26-17-8-5-13(10-15(17)20)19(25)22-16(18(21)24)9-12-3-6-14(23)7-4-12;8-5-6-2-1-3-7-4-6/h3-11,13-14,16,22H,12,15H2,1-2H3,(H2,27,30)(H,29,31);3-8,10-11,16,23H,9H2,1-2H3,(H2,21,24)(H,22,25);1-4,8H,5H2/t22-;16-;/m00./s1. The molecule has 6 aromatic rings. The zero-order chi connectivity index (χ0) is 48.9. The summed E-state index contributed by atoms with van der Waals surface area (Å²) in [5.41, 5.74) is 14.9. The van der Waals surface area contributed by atoms with Crippen molar-refractivity contribution in [1.29, 1.82) is 0 Å². The summed E-state index contributed by atoms with van der Waals surface area (Å²) in [6, 6.07) is 28.6. The van der Waals surface area contributed by atoms with Gasteiger partial charge in [0.25, 0.3) is 11.8 Å². The number of aliphatic hydroxyl groups excluding tert-OH is 1. The number of ether oxygens (including phenoxy) is 3. The molecular formula is C50H54Cl2N6O9. The van der Waals surface area contributed by atoms with Crippen molar-refractivity contribution < 1.29 is 43.6 Å². The molecule has 0 spiro atoms. The number of primary amides is 2. The fourth-order valence-corrected chi connectivity index (χ4v) is 6.33. The SMILES string of the molecule is CC(C)Oc1ccc(C(=O)N[C@@H](Cc2ccc(O)cc2)C(N)=O)cc1Cl.CC(C)Oc1ccc(C(=O)N[C@@H](Cc2ccc(OCc3cccnc3)cc2)C(N)=O)cc1Cl.OCc1cccnc1. The van der Waals surface area contributed by atoms with Crippen LogP contribution in [0, 0.1) is 0 Å². The van der Waals surface area contributed by atoms with Gasteiger partial charge in [0.15, 0.2) is 0 Å². The molecule has 0 unspecified atom stereocenters. The number of aliphatic hydroxyl groups is 1. The minimum absolute atomic E-state index is 0.0447. The summed E-state index contributed by atoms with van der Waals surface area (Å²) >= 11 is 12.4. The van der Waals surface area contributed by atoms with Crippen LogP contribution in [0.5, 0.6) is 23.0 Å². The van der Waals surface area contributed by atoms with E-state index in [4.69, 9.17) is 54.0 Å². The Balaban J connectivity index is 0.000000255. The molecule has 2 aromatic heterocycles. The highest BCUT2D eigenvalue weighted by Crippen LogP contribution is 2.28. The van der Waals surface area contributed by atoms with E-state index >= 15 is 0 Å². The van der Waals surface area contributed by atoms with Crippen LogP contribution in [0.3, 0.4) is 0 Å². The molecule has 2 atom stereocenters. The lowest BCUT2D eigenvalue weighted by atomic mass is 10.0. The molecule has 0 radical (unpaired) electrons. The molecule has 4 amide bonds. The smallest absolute Gasteiger partial charge is 0.251 e. The first-order valence-electron chi connectivity index (χ1n) is 21.0. The van der Waals surface area contributed by atoms with Crippen molar-refractivity contribution in [2.75, 3.05) is 0 Å². The number of aromatic hydroxyl groups is 1. The summed E-state index contributed by atoms with van der Waals surface area (Å²) in [4.78, 5) is 56.6. The number of halogens is 2. The van der Waals surface area contributed by atoms with Gasteiger partial charge in [-0.05, 0) is 117 Å². The number of aromatic nitrogens is 2. The minimum atomic E-state index is -0.891. The molecule has 6 rings (SSSR count). The van der Waals surface area contributed by atoms with Crippen molar-refractivity contribution in [1.82, 2.24) is 20.6 Å². The van der Waals surface area contributed by atoms with Gasteiger partial charge in [0.05, 0.1) is 28.9 Å². The molecule has 0 aliphatic heterocycles. The number of hydrogen-bond acceptors (Lipinski definition) is 11. The van der Waals surface area contributed by atoms with Crippen molar-refractivity contribution in [3.8, 4) is 23.0 Å². The van der Waals surface area contributed by atoms with Gasteiger partial charge in [-0.1, -0.05) is 59.6 Å². The van der Waals surface area contributed by atoms with Crippen LogP contribution in [0.15, 0.2) is 134 Å². The lowest BCUT2D eigenvalue weighted by Gasteiger charge is -2.17. The number of rotatable bonds is 18. The topological polar surface area (TPSA) is 238 Å². The van der Waals surface area contributed by atoms with Crippen molar-refractivity contribution in [3.63, 3.8) is 0 Å². The summed E-state index contributed by atoms with van der Waals surface area (Å²) in [7, 11) is 0. The number of nitrogens with one attached hydrogen (secondary N) is 2.